The molecular weight excluding hydrogens is 394 g/mol. The van der Waals surface area contributed by atoms with Crippen LogP contribution in [-0.2, 0) is 39.9 Å². The van der Waals surface area contributed by atoms with Gasteiger partial charge in [0.05, 0.1) is 13.2 Å². The van der Waals surface area contributed by atoms with Crippen LogP contribution >= 0.6 is 0 Å². The molecule has 0 aliphatic carbocycles. The van der Waals surface area contributed by atoms with E-state index in [1.54, 1.807) is 20.9 Å². The van der Waals surface area contributed by atoms with E-state index in [4.69, 9.17) is 28.8 Å². The van der Waals surface area contributed by atoms with Gasteiger partial charge in [0.25, 0.3) is 0 Å². The van der Waals surface area contributed by atoms with Gasteiger partial charge in [-0.3, -0.25) is 4.79 Å². The molecule has 166 valence electrons. The lowest BCUT2D eigenvalue weighted by atomic mass is 9.94. The van der Waals surface area contributed by atoms with Gasteiger partial charge >= 0.3 is 5.97 Å². The third-order valence-electron chi connectivity index (χ3n) is 5.23. The molecule has 1 amide bonds. The molecule has 0 unspecified atom stereocenters. The van der Waals surface area contributed by atoms with Crippen LogP contribution in [0.5, 0.6) is 0 Å². The summed E-state index contributed by atoms with van der Waals surface area (Å²) >= 11 is 0. The minimum atomic E-state index is -1.12. The second-order valence-corrected chi connectivity index (χ2v) is 7.92. The normalized spacial score (nSPS) is 30.3. The molecule has 5 atom stereocenters. The molecule has 1 N–H and O–H groups in total. The van der Waals surface area contributed by atoms with E-state index in [0.29, 0.717) is 0 Å². The van der Waals surface area contributed by atoms with Gasteiger partial charge in [0.15, 0.2) is 12.1 Å². The van der Waals surface area contributed by atoms with Crippen molar-refractivity contribution < 1.29 is 38.4 Å². The van der Waals surface area contributed by atoms with Crippen molar-refractivity contribution in [2.75, 3.05) is 20.3 Å². The average Bonchev–Trinajstić information content (AvgIpc) is 2.69. The van der Waals surface area contributed by atoms with Crippen molar-refractivity contribution in [3.8, 4) is 0 Å². The minimum Gasteiger partial charge on any atom is -0.480 e. The van der Waals surface area contributed by atoms with Gasteiger partial charge in [-0.05, 0) is 19.4 Å². The molecule has 30 heavy (non-hydrogen) atoms. The number of fused-ring (bicyclic) bond motifs is 1. The number of amides is 1. The maximum Gasteiger partial charge on any atom is 0.329 e. The molecule has 1 aromatic carbocycles. The van der Waals surface area contributed by atoms with Crippen LogP contribution in [0.1, 0.15) is 26.3 Å². The number of hydrogen-bond donors (Lipinski definition) is 1. The minimum absolute atomic E-state index is 0.228. The summed E-state index contributed by atoms with van der Waals surface area (Å²) in [4.78, 5) is 24.9. The first kappa shape index (κ1) is 22.6. The lowest BCUT2D eigenvalue weighted by Gasteiger charge is -2.52. The SMILES string of the molecule is CC(=O)N(C)[C@H]1[C@@H](OCc2ccccc2)O[C@@H]2COC(C)(C)O[C@H]2[C@@H]1OCC(=O)O. The largest absolute Gasteiger partial charge is 0.480 e. The maximum atomic E-state index is 12.2. The van der Waals surface area contributed by atoms with Gasteiger partial charge in [0.2, 0.25) is 5.91 Å². The number of aliphatic carboxylic acids is 1. The quantitative estimate of drug-likeness (QED) is 0.702. The molecule has 2 fully saturated rings. The Morgan fingerprint density at radius 2 is 1.93 bits per heavy atom. The molecule has 0 radical (unpaired) electrons. The number of hydrogen-bond acceptors (Lipinski definition) is 7. The molecule has 0 bridgehead atoms. The summed E-state index contributed by atoms with van der Waals surface area (Å²) in [7, 11) is 1.61. The predicted molar refractivity (Wildman–Crippen MR) is 104 cm³/mol. The fourth-order valence-corrected chi connectivity index (χ4v) is 3.68. The second-order valence-electron chi connectivity index (χ2n) is 7.92. The van der Waals surface area contributed by atoms with Crippen LogP contribution in [0.25, 0.3) is 0 Å². The summed E-state index contributed by atoms with van der Waals surface area (Å²) in [6.45, 7) is 4.89. The van der Waals surface area contributed by atoms with E-state index in [9.17, 15) is 9.59 Å². The van der Waals surface area contributed by atoms with Crippen molar-refractivity contribution in [1.82, 2.24) is 4.90 Å². The highest BCUT2D eigenvalue weighted by Crippen LogP contribution is 2.36. The Bertz CT molecular complexity index is 740. The van der Waals surface area contributed by atoms with E-state index in [0.717, 1.165) is 5.56 Å². The van der Waals surface area contributed by atoms with Crippen LogP contribution < -0.4 is 0 Å². The predicted octanol–water partition coefficient (Wildman–Crippen LogP) is 1.40. The van der Waals surface area contributed by atoms with Gasteiger partial charge in [-0.2, -0.15) is 0 Å². The van der Waals surface area contributed by atoms with E-state index >= 15 is 0 Å². The number of carboxylic acid groups (broad SMARTS) is 1. The number of ether oxygens (including phenoxy) is 5. The van der Waals surface area contributed by atoms with E-state index in [1.165, 1.54) is 11.8 Å². The van der Waals surface area contributed by atoms with Crippen LogP contribution in [0.15, 0.2) is 30.3 Å². The third kappa shape index (κ3) is 5.35. The highest BCUT2D eigenvalue weighted by Gasteiger charge is 2.54. The fourth-order valence-electron chi connectivity index (χ4n) is 3.68. The first-order valence-electron chi connectivity index (χ1n) is 9.87. The monoisotopic (exact) mass is 423 g/mol. The van der Waals surface area contributed by atoms with Gasteiger partial charge in [-0.15, -0.1) is 0 Å². The highest BCUT2D eigenvalue weighted by atomic mass is 16.8. The van der Waals surface area contributed by atoms with Crippen LogP contribution in [0, 0.1) is 0 Å². The van der Waals surface area contributed by atoms with E-state index < -0.39 is 49.0 Å². The van der Waals surface area contributed by atoms with Crippen LogP contribution in [0.2, 0.25) is 0 Å². The van der Waals surface area contributed by atoms with Crippen molar-refractivity contribution in [2.24, 2.45) is 0 Å². The molecule has 9 heteroatoms. The number of carboxylic acids is 1. The molecule has 1 aromatic rings. The Balaban J connectivity index is 1.88. The fraction of sp³-hybridized carbons (Fsp3) is 0.619. The number of carbonyl (C=O) groups excluding carboxylic acids is 1. The van der Waals surface area contributed by atoms with Crippen LogP contribution in [0.3, 0.4) is 0 Å². The Hall–Kier alpha value is -2.04. The molecule has 2 heterocycles. The van der Waals surface area contributed by atoms with Crippen molar-refractivity contribution in [2.45, 2.75) is 63.8 Å². The summed E-state index contributed by atoms with van der Waals surface area (Å²) in [5.41, 5.74) is 0.938. The summed E-state index contributed by atoms with van der Waals surface area (Å²) < 4.78 is 29.7. The van der Waals surface area contributed by atoms with Crippen molar-refractivity contribution >= 4 is 11.9 Å². The summed E-state index contributed by atoms with van der Waals surface area (Å²) in [5.74, 6) is -2.24. The lowest BCUT2D eigenvalue weighted by molar-refractivity contribution is -0.378. The van der Waals surface area contributed by atoms with Gasteiger partial charge in [0.1, 0.15) is 31.0 Å². The standard InChI is InChI=1S/C21H29NO8/c1-13(23)22(4)17-19(26-12-16(24)25)18-15(11-28-21(2,3)30-18)29-20(17)27-10-14-8-6-5-7-9-14/h5-9,15,17-20H,10-12H2,1-4H3,(H,24,25)/t15-,17-,18-,19-,20+/m1/s1. The molecule has 3 rings (SSSR count). The molecule has 0 saturated carbocycles. The Kier molecular flexibility index (Phi) is 7.10. The third-order valence-corrected chi connectivity index (χ3v) is 5.23. The number of carbonyl (C=O) groups is 2. The van der Waals surface area contributed by atoms with E-state index in [2.05, 4.69) is 0 Å². The molecular formula is C21H29NO8. The number of nitrogens with zero attached hydrogens (tertiary/aromatic N) is 1. The number of likely N-dealkylation sites (N-methyl/N-ethyl adjacent to an activating group) is 1. The summed E-state index contributed by atoms with van der Waals surface area (Å²) in [5, 5.41) is 9.16. The van der Waals surface area contributed by atoms with Crippen LogP contribution in [-0.4, -0.2) is 78.6 Å². The van der Waals surface area contributed by atoms with Crippen molar-refractivity contribution in [1.29, 1.82) is 0 Å². The summed E-state index contributed by atoms with van der Waals surface area (Å²) in [6, 6.07) is 8.84. The molecule has 2 saturated heterocycles. The zero-order valence-corrected chi connectivity index (χ0v) is 17.6. The maximum absolute atomic E-state index is 12.2. The van der Waals surface area contributed by atoms with Gasteiger partial charge in [0, 0.05) is 14.0 Å². The highest BCUT2D eigenvalue weighted by molar-refractivity contribution is 5.73. The summed E-state index contributed by atoms with van der Waals surface area (Å²) in [6.07, 6.45) is -2.80. The van der Waals surface area contributed by atoms with Crippen molar-refractivity contribution in [3.05, 3.63) is 35.9 Å². The molecule has 0 aromatic heterocycles. The Morgan fingerprint density at radius 1 is 1.23 bits per heavy atom. The zero-order chi connectivity index (χ0) is 21.9. The topological polar surface area (TPSA) is 104 Å². The molecule has 0 spiro atoms. The van der Waals surface area contributed by atoms with E-state index in [-0.39, 0.29) is 19.1 Å². The first-order chi connectivity index (χ1) is 14.2. The molecule has 2 aliphatic heterocycles. The Labute approximate surface area is 175 Å². The van der Waals surface area contributed by atoms with Gasteiger partial charge < -0.3 is 33.7 Å². The van der Waals surface area contributed by atoms with Gasteiger partial charge in [-0.1, -0.05) is 30.3 Å². The molecule has 2 aliphatic rings. The lowest BCUT2D eigenvalue weighted by Crippen LogP contribution is -2.69. The second kappa shape index (κ2) is 9.40. The number of rotatable bonds is 7. The van der Waals surface area contributed by atoms with Crippen LogP contribution in [0.4, 0.5) is 0 Å². The Morgan fingerprint density at radius 3 is 2.57 bits per heavy atom. The zero-order valence-electron chi connectivity index (χ0n) is 17.6. The molecule has 9 nitrogen and oxygen atoms in total. The first-order valence-corrected chi connectivity index (χ1v) is 9.87. The van der Waals surface area contributed by atoms with E-state index in [1.807, 2.05) is 30.3 Å². The van der Waals surface area contributed by atoms with Gasteiger partial charge in [-0.25, -0.2) is 4.79 Å². The smallest absolute Gasteiger partial charge is 0.329 e. The average molecular weight is 423 g/mol. The number of benzene rings is 1. The van der Waals surface area contributed by atoms with Crippen molar-refractivity contribution in [3.63, 3.8) is 0 Å².